The number of halogens is 3. The summed E-state index contributed by atoms with van der Waals surface area (Å²) in [6, 6.07) is 18.7. The summed E-state index contributed by atoms with van der Waals surface area (Å²) in [4.78, 5) is 26.6. The van der Waals surface area contributed by atoms with Gasteiger partial charge in [-0.05, 0) is 37.3 Å². The van der Waals surface area contributed by atoms with Crippen molar-refractivity contribution in [3.05, 3.63) is 99.8 Å². The summed E-state index contributed by atoms with van der Waals surface area (Å²) in [6.45, 7) is 1.75. The quantitative estimate of drug-likeness (QED) is 0.333. The number of nitrogens with one attached hydrogen (secondary N) is 1. The van der Waals surface area contributed by atoms with Gasteiger partial charge >= 0.3 is 6.18 Å². The minimum Gasteiger partial charge on any atom is -0.490 e. The maximum Gasteiger partial charge on any atom is 0.418 e. The van der Waals surface area contributed by atoms with Crippen molar-refractivity contribution in [2.45, 2.75) is 26.1 Å². The minimum absolute atomic E-state index is 0.132. The standard InChI is InChI=1S/C27H22F3N3O4/c1-2-36-22-14-8-9-17-15-19-25(35)33(18-10-4-3-5-11-18)32(26(19)37-24(17)22)16-23(34)31-21-13-7-6-12-20(21)27(28,29)30/h3-14H,2,15-16H2,1H3,(H,31,34). The zero-order chi connectivity index (χ0) is 26.2. The number of benzene rings is 3. The van der Waals surface area contributed by atoms with Gasteiger partial charge in [-0.3, -0.25) is 9.59 Å². The van der Waals surface area contributed by atoms with E-state index in [2.05, 4.69) is 5.32 Å². The van der Waals surface area contributed by atoms with Crippen LogP contribution in [0, 0.1) is 0 Å². The molecule has 0 aliphatic carbocycles. The lowest BCUT2D eigenvalue weighted by atomic mass is 10.0. The third-order valence-electron chi connectivity index (χ3n) is 5.91. The molecule has 2 heterocycles. The van der Waals surface area contributed by atoms with E-state index in [1.807, 2.05) is 13.0 Å². The van der Waals surface area contributed by atoms with Crippen LogP contribution in [-0.2, 0) is 23.9 Å². The molecule has 1 amide bonds. The van der Waals surface area contributed by atoms with Crippen molar-refractivity contribution in [2.24, 2.45) is 0 Å². The summed E-state index contributed by atoms with van der Waals surface area (Å²) in [5.41, 5.74) is -0.186. The van der Waals surface area contributed by atoms with Gasteiger partial charge in [0.2, 0.25) is 11.8 Å². The maximum absolute atomic E-state index is 13.5. The highest BCUT2D eigenvalue weighted by Crippen LogP contribution is 2.42. The Labute approximate surface area is 209 Å². The first-order valence-electron chi connectivity index (χ1n) is 11.6. The van der Waals surface area contributed by atoms with E-state index in [1.54, 1.807) is 42.5 Å². The van der Waals surface area contributed by atoms with Crippen LogP contribution in [-0.4, -0.2) is 21.9 Å². The Morgan fingerprint density at radius 1 is 1.03 bits per heavy atom. The van der Waals surface area contributed by atoms with Gasteiger partial charge in [-0.25, -0.2) is 9.36 Å². The molecule has 4 aromatic rings. The number of hydrogen-bond donors (Lipinski definition) is 1. The maximum atomic E-state index is 13.5. The van der Waals surface area contributed by atoms with Gasteiger partial charge in [0, 0.05) is 12.0 Å². The minimum atomic E-state index is -4.65. The Morgan fingerprint density at radius 2 is 1.76 bits per heavy atom. The van der Waals surface area contributed by atoms with E-state index < -0.39 is 29.8 Å². The van der Waals surface area contributed by atoms with Crippen LogP contribution in [0.1, 0.15) is 23.6 Å². The molecule has 1 aliphatic heterocycles. The molecule has 7 nitrogen and oxygen atoms in total. The topological polar surface area (TPSA) is 74.5 Å². The third kappa shape index (κ3) is 4.57. The van der Waals surface area contributed by atoms with Gasteiger partial charge in [-0.15, -0.1) is 0 Å². The second kappa shape index (κ2) is 9.53. The van der Waals surface area contributed by atoms with Crippen molar-refractivity contribution in [3.8, 4) is 23.1 Å². The number of hydrogen-bond acceptors (Lipinski definition) is 4. The largest absolute Gasteiger partial charge is 0.490 e. The van der Waals surface area contributed by atoms with Crippen molar-refractivity contribution in [3.63, 3.8) is 0 Å². The van der Waals surface area contributed by atoms with Crippen LogP contribution in [0.5, 0.6) is 17.4 Å². The molecule has 3 aromatic carbocycles. The fourth-order valence-corrected chi connectivity index (χ4v) is 4.35. The highest BCUT2D eigenvalue weighted by Gasteiger charge is 2.34. The summed E-state index contributed by atoms with van der Waals surface area (Å²) in [5.74, 6) is 0.290. The van der Waals surface area contributed by atoms with Gasteiger partial charge in [-0.2, -0.15) is 13.2 Å². The van der Waals surface area contributed by atoms with E-state index in [0.717, 1.165) is 11.6 Å². The molecule has 1 aliphatic rings. The molecular formula is C27H22F3N3O4. The highest BCUT2D eigenvalue weighted by molar-refractivity contribution is 5.91. The number of nitrogens with zero attached hydrogens (tertiary/aromatic N) is 2. The first-order valence-corrected chi connectivity index (χ1v) is 11.6. The Kier molecular flexibility index (Phi) is 6.24. The number of anilines is 1. The lowest BCUT2D eigenvalue weighted by Gasteiger charge is -2.22. The van der Waals surface area contributed by atoms with Gasteiger partial charge in [0.15, 0.2) is 11.5 Å². The first-order chi connectivity index (χ1) is 17.8. The van der Waals surface area contributed by atoms with E-state index in [-0.39, 0.29) is 18.0 Å². The van der Waals surface area contributed by atoms with E-state index in [1.165, 1.54) is 27.6 Å². The number of carbonyl (C=O) groups excluding carboxylic acids is 1. The van der Waals surface area contributed by atoms with E-state index in [0.29, 0.717) is 29.4 Å². The van der Waals surface area contributed by atoms with Crippen molar-refractivity contribution < 1.29 is 27.4 Å². The molecule has 10 heteroatoms. The Hall–Kier alpha value is -4.47. The van der Waals surface area contributed by atoms with Gasteiger partial charge < -0.3 is 14.8 Å². The zero-order valence-electron chi connectivity index (χ0n) is 19.7. The predicted octanol–water partition coefficient (Wildman–Crippen LogP) is 5.39. The first kappa shape index (κ1) is 24.2. The number of para-hydroxylation sites is 3. The fraction of sp³-hybridized carbons (Fsp3) is 0.185. The second-order valence-corrected chi connectivity index (χ2v) is 8.34. The molecule has 0 saturated carbocycles. The van der Waals surface area contributed by atoms with Crippen LogP contribution in [0.4, 0.5) is 18.9 Å². The van der Waals surface area contributed by atoms with E-state index >= 15 is 0 Å². The number of aromatic nitrogens is 2. The second-order valence-electron chi connectivity index (χ2n) is 8.34. The van der Waals surface area contributed by atoms with E-state index in [9.17, 15) is 22.8 Å². The molecule has 0 atom stereocenters. The zero-order valence-corrected chi connectivity index (χ0v) is 19.7. The molecule has 5 rings (SSSR count). The Balaban J connectivity index is 1.57. The summed E-state index contributed by atoms with van der Waals surface area (Å²) in [5, 5.41) is 2.34. The predicted molar refractivity (Wildman–Crippen MR) is 131 cm³/mol. The summed E-state index contributed by atoms with van der Waals surface area (Å²) < 4.78 is 54.8. The Bertz CT molecular complexity index is 1520. The van der Waals surface area contributed by atoms with Gasteiger partial charge in [-0.1, -0.05) is 42.5 Å². The Morgan fingerprint density at radius 3 is 2.49 bits per heavy atom. The lowest BCUT2D eigenvalue weighted by molar-refractivity contribution is -0.137. The highest BCUT2D eigenvalue weighted by atomic mass is 19.4. The number of rotatable bonds is 6. The van der Waals surface area contributed by atoms with Crippen LogP contribution in [0.2, 0.25) is 0 Å². The van der Waals surface area contributed by atoms with Crippen LogP contribution in [0.15, 0.2) is 77.6 Å². The van der Waals surface area contributed by atoms with Gasteiger partial charge in [0.05, 0.1) is 29.1 Å². The van der Waals surface area contributed by atoms with Gasteiger partial charge in [0.25, 0.3) is 5.56 Å². The average molecular weight is 509 g/mol. The van der Waals surface area contributed by atoms with Gasteiger partial charge in [0.1, 0.15) is 6.54 Å². The molecule has 0 unspecified atom stereocenters. The molecule has 1 N–H and O–H groups in total. The number of fused-ring (bicyclic) bond motifs is 2. The summed E-state index contributed by atoms with van der Waals surface area (Å²) >= 11 is 0. The number of amides is 1. The molecule has 0 saturated heterocycles. The number of alkyl halides is 3. The molecule has 0 bridgehead atoms. The van der Waals surface area contributed by atoms with Crippen LogP contribution in [0.25, 0.3) is 5.69 Å². The third-order valence-corrected chi connectivity index (χ3v) is 5.91. The van der Waals surface area contributed by atoms with Crippen molar-refractivity contribution in [2.75, 3.05) is 11.9 Å². The molecule has 0 spiro atoms. The smallest absolute Gasteiger partial charge is 0.418 e. The molecule has 0 fully saturated rings. The van der Waals surface area contributed by atoms with E-state index in [4.69, 9.17) is 9.47 Å². The monoisotopic (exact) mass is 509 g/mol. The SMILES string of the molecule is CCOc1cccc2c1Oc1c(c(=O)n(-c3ccccc3)n1CC(=O)Nc1ccccc1C(F)(F)F)C2. The van der Waals surface area contributed by atoms with Crippen LogP contribution < -0.4 is 20.3 Å². The average Bonchev–Trinajstić information content (AvgIpc) is 3.13. The molecule has 37 heavy (non-hydrogen) atoms. The number of carbonyl (C=O) groups is 1. The fourth-order valence-electron chi connectivity index (χ4n) is 4.35. The normalized spacial score (nSPS) is 12.3. The van der Waals surface area contributed by atoms with Crippen LogP contribution >= 0.6 is 0 Å². The van der Waals surface area contributed by atoms with Crippen molar-refractivity contribution in [1.82, 2.24) is 9.36 Å². The summed E-state index contributed by atoms with van der Waals surface area (Å²) in [7, 11) is 0. The number of ether oxygens (including phenoxy) is 2. The molecule has 0 radical (unpaired) electrons. The molecule has 1 aromatic heterocycles. The summed E-state index contributed by atoms with van der Waals surface area (Å²) in [6.07, 6.45) is -4.41. The molecule has 190 valence electrons. The molecular weight excluding hydrogens is 487 g/mol. The van der Waals surface area contributed by atoms with Crippen molar-refractivity contribution >= 4 is 11.6 Å². The lowest BCUT2D eigenvalue weighted by Crippen LogP contribution is -2.28. The van der Waals surface area contributed by atoms with Crippen molar-refractivity contribution in [1.29, 1.82) is 0 Å². The van der Waals surface area contributed by atoms with Crippen LogP contribution in [0.3, 0.4) is 0 Å².